The number of ether oxygens (including phenoxy) is 1. The first-order chi connectivity index (χ1) is 11.8. The monoisotopic (exact) mass is 343 g/mol. The summed E-state index contributed by atoms with van der Waals surface area (Å²) in [6.45, 7) is 3.86. The predicted molar refractivity (Wildman–Crippen MR) is 93.1 cm³/mol. The van der Waals surface area contributed by atoms with Crippen molar-refractivity contribution in [3.8, 4) is 17.6 Å². The second-order valence-corrected chi connectivity index (χ2v) is 5.11. The fraction of sp³-hybridized carbons (Fsp3) is 0.100. The summed E-state index contributed by atoms with van der Waals surface area (Å²) < 4.78 is 40.3. The van der Waals surface area contributed by atoms with Crippen molar-refractivity contribution in [1.29, 1.82) is 0 Å². The Hall–Kier alpha value is -3.13. The van der Waals surface area contributed by atoms with E-state index >= 15 is 0 Å². The third kappa shape index (κ3) is 6.48. The van der Waals surface area contributed by atoms with E-state index in [1.807, 2.05) is 30.3 Å². The maximum Gasteiger partial charge on any atom is 0.573 e. The summed E-state index contributed by atoms with van der Waals surface area (Å²) >= 11 is 0. The summed E-state index contributed by atoms with van der Waals surface area (Å²) in [6, 6.07) is 15.1. The Morgan fingerprint density at radius 2 is 1.72 bits per heavy atom. The molecule has 0 N–H and O–H groups in total. The van der Waals surface area contributed by atoms with E-state index in [1.54, 1.807) is 24.2 Å². The summed E-state index contributed by atoms with van der Waals surface area (Å²) in [5.41, 5.74) is 2.22. The second kappa shape index (κ2) is 8.11. The number of benzene rings is 2. The van der Waals surface area contributed by atoms with Crippen molar-refractivity contribution in [3.63, 3.8) is 0 Å². The molecular formula is C20H16F3NO. The van der Waals surface area contributed by atoms with E-state index in [1.165, 1.54) is 24.3 Å². The number of hydrogen-bond donors (Lipinski definition) is 0. The van der Waals surface area contributed by atoms with Gasteiger partial charge in [-0.25, -0.2) is 0 Å². The Morgan fingerprint density at radius 3 is 2.32 bits per heavy atom. The van der Waals surface area contributed by atoms with E-state index in [0.717, 1.165) is 5.56 Å². The minimum absolute atomic E-state index is 0.258. The Kier molecular flexibility index (Phi) is 5.91. The zero-order valence-corrected chi connectivity index (χ0v) is 13.5. The molecule has 0 fully saturated rings. The van der Waals surface area contributed by atoms with E-state index in [0.29, 0.717) is 11.3 Å². The lowest BCUT2D eigenvalue weighted by molar-refractivity contribution is -0.274. The zero-order chi connectivity index (χ0) is 18.3. The van der Waals surface area contributed by atoms with E-state index in [4.69, 9.17) is 0 Å². The van der Waals surface area contributed by atoms with Crippen LogP contribution in [0.5, 0.6) is 5.75 Å². The van der Waals surface area contributed by atoms with Crippen LogP contribution in [-0.4, -0.2) is 13.4 Å². The number of hydrogen-bond acceptors (Lipinski definition) is 2. The van der Waals surface area contributed by atoms with Crippen molar-refractivity contribution in [3.05, 3.63) is 84.6 Å². The average Bonchev–Trinajstić information content (AvgIpc) is 2.58. The molecular weight excluding hydrogens is 327 g/mol. The number of nitrogens with zero attached hydrogens (tertiary/aromatic N) is 1. The summed E-state index contributed by atoms with van der Waals surface area (Å²) in [5, 5.41) is 0. The molecule has 0 saturated heterocycles. The fourth-order valence-corrected chi connectivity index (χ4v) is 1.89. The van der Waals surface area contributed by atoms with Crippen molar-refractivity contribution in [2.75, 3.05) is 11.9 Å². The lowest BCUT2D eigenvalue weighted by atomic mass is 10.2. The quantitative estimate of drug-likeness (QED) is 0.563. The molecule has 0 heterocycles. The topological polar surface area (TPSA) is 12.5 Å². The van der Waals surface area contributed by atoms with Crippen LogP contribution in [0.1, 0.15) is 5.56 Å². The molecule has 5 heteroatoms. The van der Waals surface area contributed by atoms with Crippen molar-refractivity contribution < 1.29 is 17.9 Å². The third-order valence-electron chi connectivity index (χ3n) is 3.12. The van der Waals surface area contributed by atoms with Gasteiger partial charge in [-0.3, -0.25) is 0 Å². The normalized spacial score (nSPS) is 10.9. The van der Waals surface area contributed by atoms with Crippen molar-refractivity contribution in [2.45, 2.75) is 6.36 Å². The molecule has 2 rings (SSSR count). The fourth-order valence-electron chi connectivity index (χ4n) is 1.89. The van der Waals surface area contributed by atoms with E-state index in [9.17, 15) is 13.2 Å². The van der Waals surface area contributed by atoms with Crippen LogP contribution < -0.4 is 9.64 Å². The molecule has 0 aromatic heterocycles. The van der Waals surface area contributed by atoms with Gasteiger partial charge in [-0.1, -0.05) is 36.6 Å². The molecule has 0 aliphatic heterocycles. The van der Waals surface area contributed by atoms with Gasteiger partial charge >= 0.3 is 6.36 Å². The van der Waals surface area contributed by atoms with E-state index in [-0.39, 0.29) is 5.75 Å². The molecule has 25 heavy (non-hydrogen) atoms. The first-order valence-electron chi connectivity index (χ1n) is 7.36. The Morgan fingerprint density at radius 1 is 1.08 bits per heavy atom. The minimum atomic E-state index is -4.69. The lowest BCUT2D eigenvalue weighted by Gasteiger charge is -2.15. The maximum absolute atomic E-state index is 12.1. The van der Waals surface area contributed by atoms with E-state index in [2.05, 4.69) is 23.2 Å². The molecule has 0 aliphatic carbocycles. The maximum atomic E-state index is 12.1. The highest BCUT2D eigenvalue weighted by Gasteiger charge is 2.30. The second-order valence-electron chi connectivity index (χ2n) is 5.11. The molecule has 2 aromatic rings. The van der Waals surface area contributed by atoms with Crippen LogP contribution in [0.15, 0.2) is 79.0 Å². The number of rotatable bonds is 4. The SMILES string of the molecule is C=C(C#Cc1ccccc1)/C=C\N(C)c1ccc(OC(F)(F)F)cc1. The molecule has 0 bridgehead atoms. The van der Waals surface area contributed by atoms with Gasteiger partial charge in [0.1, 0.15) is 5.75 Å². The van der Waals surface area contributed by atoms with Gasteiger partial charge in [0.2, 0.25) is 0 Å². The van der Waals surface area contributed by atoms with Crippen LogP contribution in [0.25, 0.3) is 0 Å². The molecule has 0 saturated carbocycles. The molecule has 0 radical (unpaired) electrons. The molecule has 0 atom stereocenters. The van der Waals surface area contributed by atoms with Gasteiger partial charge in [0, 0.05) is 30.1 Å². The Labute approximate surface area is 144 Å². The van der Waals surface area contributed by atoms with Crippen molar-refractivity contribution >= 4 is 5.69 Å². The highest BCUT2D eigenvalue weighted by atomic mass is 19.4. The van der Waals surface area contributed by atoms with Crippen LogP contribution in [-0.2, 0) is 0 Å². The number of halogens is 3. The smallest absolute Gasteiger partial charge is 0.406 e. The van der Waals surface area contributed by atoms with Gasteiger partial charge in [-0.15, -0.1) is 13.2 Å². The van der Waals surface area contributed by atoms with Gasteiger partial charge in [0.25, 0.3) is 0 Å². The van der Waals surface area contributed by atoms with Gasteiger partial charge in [0.15, 0.2) is 0 Å². The van der Waals surface area contributed by atoms with Gasteiger partial charge < -0.3 is 9.64 Å². The minimum Gasteiger partial charge on any atom is -0.406 e. The largest absolute Gasteiger partial charge is 0.573 e. The molecule has 0 spiro atoms. The number of anilines is 1. The van der Waals surface area contributed by atoms with Crippen molar-refractivity contribution in [2.24, 2.45) is 0 Å². The highest BCUT2D eigenvalue weighted by Crippen LogP contribution is 2.25. The van der Waals surface area contributed by atoms with Crippen LogP contribution in [0.2, 0.25) is 0 Å². The predicted octanol–water partition coefficient (Wildman–Crippen LogP) is 5.14. The summed E-state index contributed by atoms with van der Waals surface area (Å²) in [5.74, 6) is 5.67. The molecule has 128 valence electrons. The van der Waals surface area contributed by atoms with Gasteiger partial charge in [-0.2, -0.15) is 0 Å². The summed E-state index contributed by atoms with van der Waals surface area (Å²) in [7, 11) is 1.77. The van der Waals surface area contributed by atoms with Crippen LogP contribution in [0.4, 0.5) is 18.9 Å². The number of allylic oxidation sites excluding steroid dienone is 2. The number of alkyl halides is 3. The van der Waals surface area contributed by atoms with Crippen molar-refractivity contribution in [1.82, 2.24) is 0 Å². The molecule has 0 aliphatic rings. The Balaban J connectivity index is 1.97. The summed E-state index contributed by atoms with van der Waals surface area (Å²) in [4.78, 5) is 1.74. The lowest BCUT2D eigenvalue weighted by Crippen LogP contribution is -2.17. The Bertz CT molecular complexity index is 797. The first-order valence-corrected chi connectivity index (χ1v) is 7.36. The van der Waals surface area contributed by atoms with Gasteiger partial charge in [-0.05, 0) is 42.5 Å². The van der Waals surface area contributed by atoms with Crippen LogP contribution in [0, 0.1) is 11.8 Å². The van der Waals surface area contributed by atoms with Gasteiger partial charge in [0.05, 0.1) is 0 Å². The van der Waals surface area contributed by atoms with E-state index < -0.39 is 6.36 Å². The zero-order valence-electron chi connectivity index (χ0n) is 13.5. The first kappa shape index (κ1) is 18.2. The average molecular weight is 343 g/mol. The van der Waals surface area contributed by atoms with Crippen LogP contribution in [0.3, 0.4) is 0 Å². The standard InChI is InChI=1S/C20H16F3NO/c1-16(8-9-17-6-4-3-5-7-17)14-15-24(2)18-10-12-19(13-11-18)25-20(21,22)23/h3-7,10-15H,1H2,2H3/b15-14-. The summed E-state index contributed by atoms with van der Waals surface area (Å²) in [6.07, 6.45) is -1.22. The third-order valence-corrected chi connectivity index (χ3v) is 3.12. The highest BCUT2D eigenvalue weighted by molar-refractivity contribution is 5.52. The molecule has 2 aromatic carbocycles. The molecule has 0 unspecified atom stereocenters. The van der Waals surface area contributed by atoms with Crippen LogP contribution >= 0.6 is 0 Å². The molecule has 2 nitrogen and oxygen atoms in total. The molecule has 0 amide bonds.